The molecule has 3 aliphatic heterocycles. The van der Waals surface area contributed by atoms with Gasteiger partial charge in [0.05, 0.1) is 5.69 Å². The van der Waals surface area contributed by atoms with Gasteiger partial charge in [0.15, 0.2) is 11.5 Å². The van der Waals surface area contributed by atoms with Crippen molar-refractivity contribution < 1.29 is 14.3 Å². The van der Waals surface area contributed by atoms with Gasteiger partial charge in [-0.1, -0.05) is 37.1 Å². The lowest BCUT2D eigenvalue weighted by Gasteiger charge is -2.47. The summed E-state index contributed by atoms with van der Waals surface area (Å²) in [4.78, 5) is 21.5. The van der Waals surface area contributed by atoms with E-state index in [0.29, 0.717) is 25.0 Å². The number of aryl methyl sites for hydroxylation is 1. The molecule has 6 nitrogen and oxygen atoms in total. The highest BCUT2D eigenvalue weighted by atomic mass is 16.6. The Bertz CT molecular complexity index is 1140. The first-order valence-electron chi connectivity index (χ1n) is 14.5. The summed E-state index contributed by atoms with van der Waals surface area (Å²) in [6, 6.07) is 15.1. The second kappa shape index (κ2) is 9.86. The molecule has 3 heterocycles. The maximum atomic E-state index is 14.2. The van der Waals surface area contributed by atoms with Gasteiger partial charge in [0, 0.05) is 50.4 Å². The fourth-order valence-corrected chi connectivity index (χ4v) is 7.71. The average Bonchev–Trinajstić information content (AvgIpc) is 2.97. The highest BCUT2D eigenvalue weighted by Crippen LogP contribution is 2.47. The predicted octanol–water partition coefficient (Wildman–Crippen LogP) is 4.75. The zero-order valence-electron chi connectivity index (χ0n) is 21.8. The number of piperazine rings is 1. The van der Waals surface area contributed by atoms with Crippen molar-refractivity contribution in [1.29, 1.82) is 0 Å². The van der Waals surface area contributed by atoms with Gasteiger partial charge in [-0.3, -0.25) is 9.69 Å². The van der Waals surface area contributed by atoms with Crippen LogP contribution in [0.2, 0.25) is 0 Å². The van der Waals surface area contributed by atoms with E-state index in [2.05, 4.69) is 51.1 Å². The number of amides is 1. The summed E-state index contributed by atoms with van der Waals surface area (Å²) in [6.45, 7) is 6.11. The lowest BCUT2D eigenvalue weighted by atomic mass is 9.64. The summed E-state index contributed by atoms with van der Waals surface area (Å²) < 4.78 is 11.8. The number of benzene rings is 2. The third-order valence-corrected chi connectivity index (χ3v) is 9.69. The Morgan fingerprint density at radius 1 is 0.838 bits per heavy atom. The number of ether oxygens (including phenoxy) is 2. The smallest absolute Gasteiger partial charge is 0.230 e. The zero-order valence-corrected chi connectivity index (χ0v) is 21.8. The molecule has 8 rings (SSSR count). The number of carbonyl (C=O) groups excluding carboxylic acids is 1. The van der Waals surface area contributed by atoms with Crippen molar-refractivity contribution in [3.63, 3.8) is 0 Å². The molecule has 0 radical (unpaired) electrons. The van der Waals surface area contributed by atoms with Crippen molar-refractivity contribution in [2.24, 2.45) is 17.8 Å². The number of para-hydroxylation sites is 2. The van der Waals surface area contributed by atoms with Crippen LogP contribution in [0, 0.1) is 17.8 Å². The van der Waals surface area contributed by atoms with Crippen molar-refractivity contribution in [2.45, 2.75) is 51.0 Å². The zero-order chi connectivity index (χ0) is 24.8. The van der Waals surface area contributed by atoms with Gasteiger partial charge in [0.1, 0.15) is 13.2 Å². The highest BCUT2D eigenvalue weighted by Gasteiger charge is 2.44. The fourth-order valence-electron chi connectivity index (χ4n) is 7.71. The van der Waals surface area contributed by atoms with Crippen LogP contribution in [-0.4, -0.2) is 62.8 Å². The molecule has 2 aromatic carbocycles. The first-order chi connectivity index (χ1) is 18.2. The second-order valence-electron chi connectivity index (χ2n) is 11.7. The number of nitrogens with zero attached hydrogens (tertiary/aromatic N) is 3. The first-order valence-corrected chi connectivity index (χ1v) is 14.5. The van der Waals surface area contributed by atoms with E-state index in [-0.39, 0.29) is 12.0 Å². The molecular weight excluding hydrogens is 462 g/mol. The lowest BCUT2D eigenvalue weighted by molar-refractivity contribution is -0.128. The Morgan fingerprint density at radius 2 is 1.62 bits per heavy atom. The van der Waals surface area contributed by atoms with Crippen LogP contribution < -0.4 is 19.3 Å². The molecule has 6 heteroatoms. The lowest BCUT2D eigenvalue weighted by Crippen LogP contribution is -2.56. The molecule has 0 spiro atoms. The van der Waals surface area contributed by atoms with Crippen LogP contribution in [0.5, 0.6) is 11.5 Å². The molecule has 2 atom stereocenters. The Labute approximate surface area is 220 Å². The number of rotatable bonds is 4. The van der Waals surface area contributed by atoms with Crippen LogP contribution >= 0.6 is 0 Å². The maximum absolute atomic E-state index is 14.2. The molecule has 3 saturated carbocycles. The topological polar surface area (TPSA) is 45.3 Å². The Hall–Kier alpha value is -2.73. The van der Waals surface area contributed by atoms with Crippen molar-refractivity contribution >= 4 is 17.3 Å². The molecular formula is C31H39N3O3. The van der Waals surface area contributed by atoms with Gasteiger partial charge >= 0.3 is 0 Å². The minimum Gasteiger partial charge on any atom is -0.486 e. The first kappa shape index (κ1) is 23.4. The number of anilines is 2. The largest absolute Gasteiger partial charge is 0.486 e. The van der Waals surface area contributed by atoms with Gasteiger partial charge in [-0.25, -0.2) is 0 Å². The van der Waals surface area contributed by atoms with Gasteiger partial charge in [-0.15, -0.1) is 0 Å². The quantitative estimate of drug-likeness (QED) is 0.605. The highest BCUT2D eigenvalue weighted by molar-refractivity contribution is 5.97. The molecule has 0 N–H and O–H groups in total. The molecule has 2 bridgehead atoms. The van der Waals surface area contributed by atoms with Crippen LogP contribution in [0.3, 0.4) is 0 Å². The van der Waals surface area contributed by atoms with Crippen molar-refractivity contribution in [2.75, 3.05) is 55.7 Å². The van der Waals surface area contributed by atoms with Crippen LogP contribution in [0.15, 0.2) is 42.5 Å². The van der Waals surface area contributed by atoms with E-state index in [1.807, 2.05) is 6.07 Å². The van der Waals surface area contributed by atoms with E-state index in [4.69, 9.17) is 9.47 Å². The van der Waals surface area contributed by atoms with E-state index in [0.717, 1.165) is 75.1 Å². The Balaban J connectivity index is 1.07. The van der Waals surface area contributed by atoms with Gasteiger partial charge in [-0.05, 0) is 67.7 Å². The average molecular weight is 502 g/mol. The minimum atomic E-state index is 0.226. The van der Waals surface area contributed by atoms with Gasteiger partial charge in [-0.2, -0.15) is 0 Å². The summed E-state index contributed by atoms with van der Waals surface area (Å²) in [5.74, 6) is 3.76. The summed E-state index contributed by atoms with van der Waals surface area (Å²) in [6.07, 6.45) is 8.40. The summed E-state index contributed by atoms with van der Waals surface area (Å²) in [7, 11) is 0. The summed E-state index contributed by atoms with van der Waals surface area (Å²) >= 11 is 0. The number of fused-ring (bicyclic) bond motifs is 5. The third-order valence-electron chi connectivity index (χ3n) is 9.69. The molecule has 1 saturated heterocycles. The maximum Gasteiger partial charge on any atom is 0.230 e. The van der Waals surface area contributed by atoms with Crippen molar-refractivity contribution in [3.05, 3.63) is 48.0 Å². The van der Waals surface area contributed by atoms with E-state index in [1.165, 1.54) is 36.9 Å². The van der Waals surface area contributed by atoms with E-state index < -0.39 is 0 Å². The Kier molecular flexibility index (Phi) is 6.23. The number of carbonyl (C=O) groups is 1. The van der Waals surface area contributed by atoms with Crippen molar-refractivity contribution in [1.82, 2.24) is 4.90 Å². The molecule has 0 aromatic heterocycles. The van der Waals surface area contributed by atoms with E-state index in [9.17, 15) is 4.79 Å². The Morgan fingerprint density at radius 3 is 2.43 bits per heavy atom. The summed E-state index contributed by atoms with van der Waals surface area (Å²) in [5, 5.41) is 0. The van der Waals surface area contributed by atoms with Crippen LogP contribution in [-0.2, 0) is 11.2 Å². The fraction of sp³-hybridized carbons (Fsp3) is 0.581. The minimum absolute atomic E-state index is 0.226. The standard InChI is InChI=1S/C31H39N3O3/c35-31(26-20-22-8-10-23(26)11-9-22)34-25(13-12-24-4-1-2-5-27(24)34)21-32-14-16-33(17-15-32)28-6-3-7-29-30(28)37-19-18-36-29/h1-7,22-23,25-26H,8-21H2. The SMILES string of the molecule is O=C(C1CC2CCC1CC2)N1c2ccccc2CCC1CN1CCN(c2cccc3c2OCCO3)CC1. The van der Waals surface area contributed by atoms with Crippen LogP contribution in [0.25, 0.3) is 0 Å². The number of hydrogen-bond donors (Lipinski definition) is 0. The molecule has 37 heavy (non-hydrogen) atoms. The molecule has 1 amide bonds. The number of hydrogen-bond acceptors (Lipinski definition) is 5. The normalized spacial score (nSPS) is 29.2. The molecule has 3 aliphatic carbocycles. The van der Waals surface area contributed by atoms with Crippen LogP contribution in [0.4, 0.5) is 11.4 Å². The van der Waals surface area contributed by atoms with Crippen LogP contribution in [0.1, 0.15) is 44.1 Å². The molecule has 2 aromatic rings. The molecule has 4 fully saturated rings. The van der Waals surface area contributed by atoms with Gasteiger partial charge in [0.25, 0.3) is 0 Å². The predicted molar refractivity (Wildman–Crippen MR) is 146 cm³/mol. The monoisotopic (exact) mass is 501 g/mol. The van der Waals surface area contributed by atoms with Crippen molar-refractivity contribution in [3.8, 4) is 11.5 Å². The van der Waals surface area contributed by atoms with Gasteiger partial charge in [0.2, 0.25) is 5.91 Å². The van der Waals surface area contributed by atoms with E-state index >= 15 is 0 Å². The van der Waals surface area contributed by atoms with E-state index in [1.54, 1.807) is 0 Å². The summed E-state index contributed by atoms with van der Waals surface area (Å²) in [5.41, 5.74) is 3.67. The molecule has 196 valence electrons. The molecule has 2 unspecified atom stereocenters. The third kappa shape index (κ3) is 4.37. The molecule has 6 aliphatic rings. The second-order valence-corrected chi connectivity index (χ2v) is 11.7. The van der Waals surface area contributed by atoms with Gasteiger partial charge < -0.3 is 19.3 Å².